The molecule has 0 aromatic carbocycles. The second-order valence-electron chi connectivity index (χ2n) is 3.75. The first-order valence-electron chi connectivity index (χ1n) is 4.77. The third kappa shape index (κ3) is 4.88. The monoisotopic (exact) mass is 350 g/mol. The van der Waals surface area contributed by atoms with Gasteiger partial charge in [0.05, 0.1) is 5.71 Å². The van der Waals surface area contributed by atoms with Crippen molar-refractivity contribution in [3.05, 3.63) is 0 Å². The molecule has 1 fully saturated rings. The molecule has 16 heavy (non-hydrogen) atoms. The van der Waals surface area contributed by atoms with Gasteiger partial charge in [-0.1, -0.05) is 20.7 Å². The molecule has 1 unspecified atom stereocenters. The van der Waals surface area contributed by atoms with E-state index < -0.39 is 37.1 Å². The number of ether oxygens (including phenoxy) is 1. The highest BCUT2D eigenvalue weighted by Crippen LogP contribution is 2.50. The van der Waals surface area contributed by atoms with Gasteiger partial charge in [0.15, 0.2) is 0 Å². The highest BCUT2D eigenvalue weighted by Gasteiger charge is 2.45. The van der Waals surface area contributed by atoms with Crippen LogP contribution >= 0.6 is 20.7 Å². The molecule has 1 saturated carbocycles. The number of alkyl halides is 4. The van der Waals surface area contributed by atoms with Crippen LogP contribution in [0, 0.1) is 5.41 Å². The van der Waals surface area contributed by atoms with Crippen molar-refractivity contribution < 1.29 is 17.9 Å². The summed E-state index contributed by atoms with van der Waals surface area (Å²) in [5.41, 5.74) is 5.76. The third-order valence-electron chi connectivity index (χ3n) is 2.00. The first-order valence-corrected chi connectivity index (χ1v) is 7.09. The van der Waals surface area contributed by atoms with Crippen LogP contribution in [0.15, 0.2) is 0 Å². The van der Waals surface area contributed by atoms with Crippen LogP contribution in [0.4, 0.5) is 13.2 Å². The van der Waals surface area contributed by atoms with Crippen molar-refractivity contribution in [1.29, 1.82) is 5.41 Å². The fraction of sp³-hybridized carbons (Fsp3) is 0.778. The fourth-order valence-electron chi connectivity index (χ4n) is 0.852. The second-order valence-corrected chi connectivity index (χ2v) is 6.96. The molecule has 0 bridgehead atoms. The summed E-state index contributed by atoms with van der Waals surface area (Å²) in [6.07, 6.45) is -2.94. The Morgan fingerprint density at radius 1 is 1.62 bits per heavy atom. The van der Waals surface area contributed by atoms with Crippen LogP contribution in [0.3, 0.4) is 0 Å². The summed E-state index contributed by atoms with van der Waals surface area (Å²) in [6.45, 7) is 0.491. The topological polar surface area (TPSA) is 59.1 Å². The lowest BCUT2D eigenvalue weighted by Crippen LogP contribution is -2.27. The van der Waals surface area contributed by atoms with Gasteiger partial charge < -0.3 is 15.9 Å². The molecule has 0 aromatic heterocycles. The number of nitrogens with two attached hydrogens (primary N) is 1. The van der Waals surface area contributed by atoms with Crippen molar-refractivity contribution in [1.82, 2.24) is 0 Å². The first-order chi connectivity index (χ1) is 7.24. The van der Waals surface area contributed by atoms with E-state index in [9.17, 15) is 13.2 Å². The Kier molecular flexibility index (Phi) is 4.47. The molecule has 0 radical (unpaired) electrons. The maximum Gasteiger partial charge on any atom is 0.411 e. The summed E-state index contributed by atoms with van der Waals surface area (Å²) in [6, 6.07) is -0.363. The van der Waals surface area contributed by atoms with Crippen molar-refractivity contribution in [2.45, 2.75) is 35.6 Å². The SMILES string of the molecule is CC(N)C(=N)C=IC1(OCC(F)(F)F)CC1. The molecule has 3 nitrogen and oxygen atoms in total. The van der Waals surface area contributed by atoms with E-state index in [4.69, 9.17) is 15.9 Å². The molecular weight excluding hydrogens is 336 g/mol. The van der Waals surface area contributed by atoms with E-state index in [0.29, 0.717) is 12.8 Å². The quantitative estimate of drug-likeness (QED) is 0.454. The molecule has 3 N–H and O–H groups in total. The van der Waals surface area contributed by atoms with Gasteiger partial charge in [-0.05, 0) is 23.8 Å². The predicted octanol–water partition coefficient (Wildman–Crippen LogP) is 2.20. The maximum absolute atomic E-state index is 12.0. The minimum absolute atomic E-state index is 0.287. The lowest BCUT2D eigenvalue weighted by molar-refractivity contribution is -0.178. The van der Waals surface area contributed by atoms with Gasteiger partial charge in [0.2, 0.25) is 0 Å². The minimum atomic E-state index is -4.27. The molecule has 0 aliphatic heterocycles. The number of hydrogen-bond donors (Lipinski definition) is 2. The molecule has 0 amide bonds. The molecule has 1 rings (SSSR count). The zero-order chi connectivity index (χ0) is 12.4. The summed E-state index contributed by atoms with van der Waals surface area (Å²) < 4.78 is 41.8. The van der Waals surface area contributed by atoms with Gasteiger partial charge in [-0.3, -0.25) is 0 Å². The van der Waals surface area contributed by atoms with Gasteiger partial charge in [-0.25, -0.2) is 0 Å². The van der Waals surface area contributed by atoms with Crippen molar-refractivity contribution in [3.63, 3.8) is 0 Å². The van der Waals surface area contributed by atoms with Crippen LogP contribution in [0.2, 0.25) is 0 Å². The average Bonchev–Trinajstić information content (AvgIpc) is 2.91. The van der Waals surface area contributed by atoms with Gasteiger partial charge in [-0.2, -0.15) is 13.2 Å². The molecule has 0 heterocycles. The van der Waals surface area contributed by atoms with E-state index in [1.54, 1.807) is 10.9 Å². The highest BCUT2D eigenvalue weighted by molar-refractivity contribution is 14.2. The summed E-state index contributed by atoms with van der Waals surface area (Å²) in [5, 5.41) is 7.48. The van der Waals surface area contributed by atoms with Gasteiger partial charge in [0, 0.05) is 6.04 Å². The van der Waals surface area contributed by atoms with E-state index in [0.717, 1.165) is 0 Å². The Balaban J connectivity index is 2.44. The molecule has 1 aliphatic carbocycles. The maximum atomic E-state index is 12.0. The van der Waals surface area contributed by atoms with E-state index in [-0.39, 0.29) is 11.8 Å². The molecule has 0 saturated heterocycles. The van der Waals surface area contributed by atoms with E-state index in [2.05, 4.69) is 0 Å². The zero-order valence-electron chi connectivity index (χ0n) is 8.77. The third-order valence-corrected chi connectivity index (χ3v) is 5.51. The van der Waals surface area contributed by atoms with E-state index >= 15 is 0 Å². The summed E-state index contributed by atoms with van der Waals surface area (Å²) >= 11 is -0.691. The fourth-order valence-corrected chi connectivity index (χ4v) is 3.55. The van der Waals surface area contributed by atoms with Gasteiger partial charge in [0.25, 0.3) is 0 Å². The van der Waals surface area contributed by atoms with Crippen LogP contribution in [0.25, 0.3) is 0 Å². The van der Waals surface area contributed by atoms with E-state index in [1.165, 1.54) is 0 Å². The lowest BCUT2D eigenvalue weighted by atomic mass is 10.2. The zero-order valence-corrected chi connectivity index (χ0v) is 10.9. The van der Waals surface area contributed by atoms with E-state index in [1.807, 2.05) is 0 Å². The number of nitrogens with one attached hydrogen (secondary N) is 1. The van der Waals surface area contributed by atoms with Crippen LogP contribution < -0.4 is 5.73 Å². The standard InChI is InChI=1S/C9H14F3IN2O/c1-6(14)7(15)4-13-8(2-3-8)16-5-9(10,11)12/h4,6,15H,2-3,5,14H2,1H3. The van der Waals surface area contributed by atoms with Crippen LogP contribution in [-0.2, 0) is 4.74 Å². The van der Waals surface area contributed by atoms with Crippen molar-refractivity contribution in [2.24, 2.45) is 5.73 Å². The molecule has 0 aromatic rings. The molecular formula is C9H14F3IN2O. The number of halogens is 4. The normalized spacial score (nSPS) is 21.6. The number of rotatable bonds is 5. The Morgan fingerprint density at radius 2 is 2.19 bits per heavy atom. The predicted molar refractivity (Wildman–Crippen MR) is 65.4 cm³/mol. The Labute approximate surface area is 102 Å². The molecule has 0 spiro atoms. The van der Waals surface area contributed by atoms with Gasteiger partial charge in [-0.15, -0.1) is 0 Å². The average molecular weight is 350 g/mol. The molecule has 1 atom stereocenters. The lowest BCUT2D eigenvalue weighted by Gasteiger charge is -2.13. The van der Waals surface area contributed by atoms with Crippen molar-refractivity contribution >= 4 is 30.5 Å². The Hall–Kier alpha value is -0.0200. The smallest absolute Gasteiger partial charge is 0.356 e. The highest BCUT2D eigenvalue weighted by atomic mass is 127. The van der Waals surface area contributed by atoms with Gasteiger partial charge in [0.1, 0.15) is 10.2 Å². The Morgan fingerprint density at radius 3 is 2.56 bits per heavy atom. The van der Waals surface area contributed by atoms with Crippen molar-refractivity contribution in [2.75, 3.05) is 6.61 Å². The second kappa shape index (κ2) is 5.09. The van der Waals surface area contributed by atoms with Crippen LogP contribution in [-0.4, -0.2) is 32.2 Å². The van der Waals surface area contributed by atoms with Crippen molar-refractivity contribution in [3.8, 4) is 0 Å². The minimum Gasteiger partial charge on any atom is -0.356 e. The molecule has 94 valence electrons. The van der Waals surface area contributed by atoms with Gasteiger partial charge >= 0.3 is 6.18 Å². The summed E-state index contributed by atoms with van der Waals surface area (Å²) in [4.78, 5) is 0. The molecule has 1 aliphatic rings. The Bertz CT molecular complexity index is 298. The largest absolute Gasteiger partial charge is 0.411 e. The van der Waals surface area contributed by atoms with Crippen LogP contribution in [0.5, 0.6) is 0 Å². The first kappa shape index (κ1) is 14.0. The summed E-state index contributed by atoms with van der Waals surface area (Å²) in [7, 11) is 0. The number of hydrogen-bond acceptors (Lipinski definition) is 3. The van der Waals surface area contributed by atoms with Crippen LogP contribution in [0.1, 0.15) is 19.8 Å². The summed E-state index contributed by atoms with van der Waals surface area (Å²) in [5.74, 6) is 0. The molecule has 7 heteroatoms.